The van der Waals surface area contributed by atoms with Crippen molar-refractivity contribution in [2.45, 2.75) is 0 Å². The molecule has 4 aliphatic heterocycles. The van der Waals surface area contributed by atoms with Crippen molar-refractivity contribution >= 4 is 156 Å². The molecule has 0 bridgehead atoms. The number of anilines is 12. The summed E-state index contributed by atoms with van der Waals surface area (Å²) in [5.74, 6) is 0. The highest BCUT2D eigenvalue weighted by molar-refractivity contribution is 7.34. The molecule has 0 aliphatic carbocycles. The van der Waals surface area contributed by atoms with Crippen LogP contribution in [-0.4, -0.2) is 13.4 Å². The van der Waals surface area contributed by atoms with E-state index in [4.69, 9.17) is 0 Å². The molecule has 0 N–H and O–H groups in total. The molecule has 0 unspecified atom stereocenters. The van der Waals surface area contributed by atoms with Crippen molar-refractivity contribution in [2.24, 2.45) is 0 Å². The van der Waals surface area contributed by atoms with E-state index in [0.29, 0.717) is 0 Å². The molecule has 8 heteroatoms. The van der Waals surface area contributed by atoms with Gasteiger partial charge in [-0.25, -0.2) is 0 Å². The monoisotopic (exact) mass is 874 g/mol. The second kappa shape index (κ2) is 13.9. The minimum atomic E-state index is -0.00556. The Morgan fingerprint density at radius 2 is 0.606 bits per heavy atom. The van der Waals surface area contributed by atoms with E-state index in [9.17, 15) is 0 Å². The van der Waals surface area contributed by atoms with Gasteiger partial charge in [-0.1, -0.05) is 121 Å². The second-order valence-corrected chi connectivity index (χ2v) is 19.7. The zero-order valence-corrected chi connectivity index (χ0v) is 37.2. The van der Waals surface area contributed by atoms with Crippen LogP contribution < -0.4 is 51.0 Å². The highest BCUT2D eigenvalue weighted by Crippen LogP contribution is 2.51. The maximum atomic E-state index is 2.59. The van der Waals surface area contributed by atoms with Crippen LogP contribution in [0.3, 0.4) is 0 Å². The van der Waals surface area contributed by atoms with Crippen molar-refractivity contribution in [1.29, 1.82) is 0 Å². The van der Waals surface area contributed by atoms with Crippen molar-refractivity contribution < 1.29 is 0 Å². The first-order valence-electron chi connectivity index (χ1n) is 22.7. The molecule has 4 aliphatic rings. The van der Waals surface area contributed by atoms with Crippen molar-refractivity contribution in [3.63, 3.8) is 0 Å². The van der Waals surface area contributed by atoms with Gasteiger partial charge in [-0.2, -0.15) is 0 Å². The lowest BCUT2D eigenvalue weighted by molar-refractivity contribution is 1.25. The molecule has 306 valence electrons. The number of thiophene rings is 2. The third-order valence-corrected chi connectivity index (χ3v) is 16.6. The van der Waals surface area contributed by atoms with Crippen LogP contribution in [0.2, 0.25) is 0 Å². The van der Waals surface area contributed by atoms with E-state index in [0.717, 1.165) is 11.4 Å². The smallest absolute Gasteiger partial charge is 0.264 e. The summed E-state index contributed by atoms with van der Waals surface area (Å²) in [6.45, 7) is -0.0111. The molecule has 66 heavy (non-hydrogen) atoms. The molecule has 6 heterocycles. The van der Waals surface area contributed by atoms with Crippen molar-refractivity contribution in [1.82, 2.24) is 0 Å². The van der Waals surface area contributed by atoms with Crippen LogP contribution in [0, 0.1) is 0 Å². The van der Waals surface area contributed by atoms with Gasteiger partial charge in [0.15, 0.2) is 0 Å². The molecule has 0 fully saturated rings. The SMILES string of the molecule is c1ccc(N2c3cc4c(cc3B3c5sc6ccccc6c5N(c5ccccc5)c5cccc2c53)N(c2ccccc2)c2cccc3c2B4c2sc4ccccc4c2N3c2ccccc2)cc1. The van der Waals surface area contributed by atoms with E-state index in [2.05, 4.69) is 238 Å². The Kier molecular flexibility index (Phi) is 7.68. The third kappa shape index (κ3) is 4.95. The average molecular weight is 875 g/mol. The van der Waals surface area contributed by atoms with E-state index in [1.165, 1.54) is 108 Å². The average Bonchev–Trinajstić information content (AvgIpc) is 3.96. The molecule has 4 nitrogen and oxygen atoms in total. The molecule has 0 saturated heterocycles. The van der Waals surface area contributed by atoms with Crippen LogP contribution in [0.15, 0.2) is 218 Å². The maximum Gasteiger partial charge on any atom is 0.264 e. The van der Waals surface area contributed by atoms with Gasteiger partial charge in [0.05, 0.1) is 11.4 Å². The topological polar surface area (TPSA) is 13.0 Å². The van der Waals surface area contributed by atoms with Gasteiger partial charge in [0.25, 0.3) is 13.4 Å². The van der Waals surface area contributed by atoms with E-state index in [1.807, 2.05) is 22.7 Å². The lowest BCUT2D eigenvalue weighted by atomic mass is 9.33. The Bertz CT molecular complexity index is 3510. The summed E-state index contributed by atoms with van der Waals surface area (Å²) < 4.78 is 5.36. The predicted molar refractivity (Wildman–Crippen MR) is 285 cm³/mol. The number of rotatable bonds is 4. The summed E-state index contributed by atoms with van der Waals surface area (Å²) in [6, 6.07) is 81.1. The van der Waals surface area contributed by atoms with Gasteiger partial charge in [-0.15, -0.1) is 22.7 Å². The van der Waals surface area contributed by atoms with Crippen molar-refractivity contribution in [3.05, 3.63) is 218 Å². The maximum absolute atomic E-state index is 2.59. The van der Waals surface area contributed by atoms with Gasteiger partial charge in [0.1, 0.15) is 0 Å². The summed E-state index contributed by atoms with van der Waals surface area (Å²) >= 11 is 3.90. The first-order valence-corrected chi connectivity index (χ1v) is 24.3. The molecule has 0 atom stereocenters. The number of hydrogen-bond donors (Lipinski definition) is 0. The van der Waals surface area contributed by atoms with E-state index in [1.54, 1.807) is 0 Å². The van der Waals surface area contributed by atoms with Crippen molar-refractivity contribution in [3.8, 4) is 0 Å². The van der Waals surface area contributed by atoms with Crippen LogP contribution in [0.4, 0.5) is 68.2 Å². The number of hydrogen-bond acceptors (Lipinski definition) is 6. The Balaban J connectivity index is 1.07. The third-order valence-electron chi connectivity index (χ3n) is 14.2. The van der Waals surface area contributed by atoms with Crippen molar-refractivity contribution in [2.75, 3.05) is 19.6 Å². The molecular weight excluding hydrogens is 838 g/mol. The minimum absolute atomic E-state index is 0.00556. The first kappa shape index (κ1) is 36.6. The van der Waals surface area contributed by atoms with Gasteiger partial charge in [0.2, 0.25) is 0 Å². The highest BCUT2D eigenvalue weighted by Gasteiger charge is 2.49. The normalized spacial score (nSPS) is 13.9. The fourth-order valence-corrected chi connectivity index (χ4v) is 14.3. The van der Waals surface area contributed by atoms with Gasteiger partial charge >= 0.3 is 0 Å². The van der Waals surface area contributed by atoms with E-state index < -0.39 is 0 Å². The quantitative estimate of drug-likeness (QED) is 0.163. The van der Waals surface area contributed by atoms with Gasteiger partial charge in [0, 0.05) is 86.6 Å². The highest BCUT2D eigenvalue weighted by atomic mass is 32.1. The Morgan fingerprint density at radius 3 is 0.985 bits per heavy atom. The first-order chi connectivity index (χ1) is 32.8. The summed E-state index contributed by atoms with van der Waals surface area (Å²) in [6.07, 6.45) is 0. The predicted octanol–water partition coefficient (Wildman–Crippen LogP) is 12.3. The van der Waals surface area contributed by atoms with Crippen LogP contribution >= 0.6 is 22.7 Å². The summed E-state index contributed by atoms with van der Waals surface area (Å²) in [4.78, 5) is 10.2. The minimum Gasteiger partial charge on any atom is -0.311 e. The zero-order chi connectivity index (χ0) is 43.0. The molecule has 2 aromatic heterocycles. The van der Waals surface area contributed by atoms with E-state index >= 15 is 0 Å². The lowest BCUT2D eigenvalue weighted by Gasteiger charge is -2.46. The summed E-state index contributed by atoms with van der Waals surface area (Å²) in [7, 11) is 0. The lowest BCUT2D eigenvalue weighted by Crippen LogP contribution is -2.63. The molecule has 0 amide bonds. The number of para-hydroxylation sites is 4. The fourth-order valence-electron chi connectivity index (χ4n) is 11.6. The van der Waals surface area contributed by atoms with Gasteiger partial charge < -0.3 is 19.6 Å². The molecule has 0 radical (unpaired) electrons. The van der Waals surface area contributed by atoms with Gasteiger partial charge in [-0.3, -0.25) is 0 Å². The zero-order valence-electron chi connectivity index (χ0n) is 35.5. The molecule has 9 aromatic carbocycles. The molecule has 0 spiro atoms. The second-order valence-electron chi connectivity index (χ2n) is 17.6. The van der Waals surface area contributed by atoms with Crippen LogP contribution in [-0.2, 0) is 0 Å². The Morgan fingerprint density at radius 1 is 0.288 bits per heavy atom. The Labute approximate surface area is 391 Å². The number of nitrogens with zero attached hydrogens (tertiary/aromatic N) is 4. The summed E-state index contributed by atoms with van der Waals surface area (Å²) in [5.41, 5.74) is 19.9. The molecular formula is C58H36B2N4S2. The molecule has 15 rings (SSSR count). The largest absolute Gasteiger partial charge is 0.311 e. The summed E-state index contributed by atoms with van der Waals surface area (Å²) in [5, 5.41) is 2.58. The molecule has 0 saturated carbocycles. The molecule has 11 aromatic rings. The van der Waals surface area contributed by atoms with Gasteiger partial charge in [-0.05, 0) is 119 Å². The standard InChI is InChI=1S/C58H36B2N4S2/c1-5-19-37(20-6-1)61-45-29-17-31-47-53(45)59(57-55(41-27-13-15-33-51(41)65-57)63(47)39-23-9-3-10-24-39)43-36-50-44(35-49(43)61)60-54-46(62(50)38-21-7-2-8-22-38)30-18-32-48(54)64(40-25-11-4-12-26-40)56-42-28-14-16-34-52(42)66-58(56)60/h1-36H. The number of fused-ring (bicyclic) bond motifs is 12. The van der Waals surface area contributed by atoms with Crippen LogP contribution in [0.5, 0.6) is 0 Å². The number of benzene rings is 9. The fraction of sp³-hybridized carbons (Fsp3) is 0. The van der Waals surface area contributed by atoms with Crippen LogP contribution in [0.1, 0.15) is 0 Å². The van der Waals surface area contributed by atoms with E-state index in [-0.39, 0.29) is 13.4 Å². The Hall–Kier alpha value is -7.77. The van der Waals surface area contributed by atoms with Crippen LogP contribution in [0.25, 0.3) is 20.2 Å².